The third-order valence-corrected chi connectivity index (χ3v) is 8.44. The molecule has 0 radical (unpaired) electrons. The van der Waals surface area contributed by atoms with E-state index in [1.165, 1.54) is 36.4 Å². The van der Waals surface area contributed by atoms with Crippen LogP contribution in [0.3, 0.4) is 0 Å². The number of sulfonamides is 1. The van der Waals surface area contributed by atoms with E-state index in [9.17, 15) is 21.6 Å². The van der Waals surface area contributed by atoms with E-state index in [0.29, 0.717) is 5.56 Å². The molecule has 0 saturated carbocycles. The Kier molecular flexibility index (Phi) is 6.23. The fourth-order valence-corrected chi connectivity index (χ4v) is 6.52. The van der Waals surface area contributed by atoms with Crippen molar-refractivity contribution in [2.45, 2.75) is 21.8 Å². The van der Waals surface area contributed by atoms with E-state index in [1.54, 1.807) is 30.3 Å². The molecule has 1 aliphatic rings. The highest BCUT2D eigenvalue weighted by Gasteiger charge is 2.49. The third kappa shape index (κ3) is 4.43. The summed E-state index contributed by atoms with van der Waals surface area (Å²) in [7, 11) is -8.50. The zero-order valence-corrected chi connectivity index (χ0v) is 20.1. The molecule has 1 aliphatic heterocycles. The number of hydrogen-bond donors (Lipinski definition) is 2. The van der Waals surface area contributed by atoms with Crippen molar-refractivity contribution in [3.63, 3.8) is 0 Å². The van der Waals surface area contributed by atoms with E-state index in [-0.39, 0.29) is 29.0 Å². The molecule has 0 spiro atoms. The van der Waals surface area contributed by atoms with Gasteiger partial charge in [-0.25, -0.2) is 21.2 Å². The van der Waals surface area contributed by atoms with E-state index in [4.69, 9.17) is 5.26 Å². The summed E-state index contributed by atoms with van der Waals surface area (Å²) >= 11 is 0. The second-order valence-corrected chi connectivity index (χ2v) is 11.7. The maximum Gasteiger partial charge on any atom is 0.246 e. The number of hydrogen-bond acceptors (Lipinski definition) is 6. The van der Waals surface area contributed by atoms with Crippen molar-refractivity contribution in [3.8, 4) is 17.2 Å². The lowest BCUT2D eigenvalue weighted by Crippen LogP contribution is -2.51. The van der Waals surface area contributed by atoms with Gasteiger partial charge in [-0.15, -0.1) is 0 Å². The van der Waals surface area contributed by atoms with Gasteiger partial charge in [-0.1, -0.05) is 42.5 Å². The standard InChI is InChI=1S/C24H20FN3O5S2/c1-34(30,31)22-19(17-5-3-2-4-6-17)11-12-20(21(22)25)24(13-14-27-23(24)29)28-35(32,33)18-9-7-16(15-26)8-10-18/h2-12,28H,13-14H2,1H3,(H,27,29)/t24-/m0/s1. The first-order valence-electron chi connectivity index (χ1n) is 10.4. The molecule has 1 atom stereocenters. The SMILES string of the molecule is CS(=O)(=O)c1c(-c2ccccc2)ccc([C@@]2(NS(=O)(=O)c3ccc(C#N)cc3)CCNC2=O)c1F. The molecule has 3 aromatic carbocycles. The molecule has 1 fully saturated rings. The van der Waals surface area contributed by atoms with Crippen LogP contribution >= 0.6 is 0 Å². The molecule has 0 aromatic heterocycles. The Morgan fingerprint density at radius 2 is 1.66 bits per heavy atom. The van der Waals surface area contributed by atoms with Crippen LogP contribution in [0.15, 0.2) is 76.5 Å². The highest BCUT2D eigenvalue weighted by atomic mass is 32.2. The van der Waals surface area contributed by atoms with E-state index in [2.05, 4.69) is 10.0 Å². The normalized spacial score (nSPS) is 18.1. The summed E-state index contributed by atoms with van der Waals surface area (Å²) < 4.78 is 70.0. The van der Waals surface area contributed by atoms with Gasteiger partial charge in [-0.2, -0.15) is 9.98 Å². The van der Waals surface area contributed by atoms with Crippen LogP contribution in [0.2, 0.25) is 0 Å². The molecular formula is C24H20FN3O5S2. The molecule has 0 bridgehead atoms. The average molecular weight is 514 g/mol. The number of sulfone groups is 1. The van der Waals surface area contributed by atoms with Crippen LogP contribution in [0, 0.1) is 17.1 Å². The fourth-order valence-electron chi connectivity index (χ4n) is 4.13. The molecule has 180 valence electrons. The number of rotatable bonds is 6. The van der Waals surface area contributed by atoms with Crippen LogP contribution in [-0.4, -0.2) is 35.5 Å². The second kappa shape index (κ2) is 8.88. The van der Waals surface area contributed by atoms with Crippen molar-refractivity contribution in [2.75, 3.05) is 12.8 Å². The summed E-state index contributed by atoms with van der Waals surface area (Å²) in [5, 5.41) is 11.5. The van der Waals surface area contributed by atoms with Gasteiger partial charge in [-0.3, -0.25) is 4.79 Å². The van der Waals surface area contributed by atoms with Gasteiger partial charge in [-0.05, 0) is 36.2 Å². The summed E-state index contributed by atoms with van der Waals surface area (Å²) in [4.78, 5) is 12.1. The number of carbonyl (C=O) groups is 1. The second-order valence-electron chi connectivity index (χ2n) is 8.09. The molecule has 8 nitrogen and oxygen atoms in total. The number of nitrogens with one attached hydrogen (secondary N) is 2. The number of amides is 1. The lowest BCUT2D eigenvalue weighted by atomic mass is 9.87. The number of benzene rings is 3. The van der Waals surface area contributed by atoms with Crippen LogP contribution < -0.4 is 10.0 Å². The van der Waals surface area contributed by atoms with Gasteiger partial charge in [0.2, 0.25) is 15.9 Å². The Labute approximate surface area is 202 Å². The topological polar surface area (TPSA) is 133 Å². The first-order chi connectivity index (χ1) is 16.5. The van der Waals surface area contributed by atoms with E-state index in [1.807, 2.05) is 6.07 Å². The molecule has 3 aromatic rings. The van der Waals surface area contributed by atoms with Crippen LogP contribution in [-0.2, 0) is 30.2 Å². The predicted molar refractivity (Wildman–Crippen MR) is 126 cm³/mol. The van der Waals surface area contributed by atoms with Crippen LogP contribution in [0.25, 0.3) is 11.1 Å². The number of carbonyl (C=O) groups excluding carboxylic acids is 1. The Bertz CT molecular complexity index is 1570. The summed E-state index contributed by atoms with van der Waals surface area (Å²) in [6.07, 6.45) is 0.704. The van der Waals surface area contributed by atoms with Crippen molar-refractivity contribution in [1.82, 2.24) is 10.0 Å². The molecule has 4 rings (SSSR count). The van der Waals surface area contributed by atoms with Gasteiger partial charge in [0.15, 0.2) is 9.84 Å². The van der Waals surface area contributed by atoms with Gasteiger partial charge in [0, 0.05) is 23.9 Å². The third-order valence-electron chi connectivity index (χ3n) is 5.79. The minimum Gasteiger partial charge on any atom is -0.354 e. The zero-order chi connectivity index (χ0) is 25.4. The molecule has 1 heterocycles. The lowest BCUT2D eigenvalue weighted by molar-refractivity contribution is -0.124. The maximum absolute atomic E-state index is 16.0. The number of halogens is 1. The van der Waals surface area contributed by atoms with Crippen LogP contribution in [0.5, 0.6) is 0 Å². The lowest BCUT2D eigenvalue weighted by Gasteiger charge is -2.29. The zero-order valence-electron chi connectivity index (χ0n) is 18.4. The quantitative estimate of drug-likeness (QED) is 0.520. The molecular weight excluding hydrogens is 493 g/mol. The van der Waals surface area contributed by atoms with E-state index in [0.717, 1.165) is 6.26 Å². The Hall–Kier alpha value is -3.59. The summed E-state index contributed by atoms with van der Waals surface area (Å²) in [6.45, 7) is 0.0445. The van der Waals surface area contributed by atoms with Gasteiger partial charge < -0.3 is 5.32 Å². The van der Waals surface area contributed by atoms with Gasteiger partial charge in [0.25, 0.3) is 0 Å². The monoisotopic (exact) mass is 513 g/mol. The fraction of sp³-hybridized carbons (Fsp3) is 0.167. The van der Waals surface area contributed by atoms with E-state index >= 15 is 4.39 Å². The Morgan fingerprint density at radius 1 is 1.00 bits per heavy atom. The van der Waals surface area contributed by atoms with Gasteiger partial charge in [0.1, 0.15) is 16.3 Å². The minimum atomic E-state index is -4.37. The molecule has 11 heteroatoms. The smallest absolute Gasteiger partial charge is 0.246 e. The number of nitriles is 1. The van der Waals surface area contributed by atoms with Crippen molar-refractivity contribution in [2.24, 2.45) is 0 Å². The predicted octanol–water partition coefficient (Wildman–Crippen LogP) is 2.46. The van der Waals surface area contributed by atoms with Crippen molar-refractivity contribution >= 4 is 25.8 Å². The number of nitrogens with zero attached hydrogens (tertiary/aromatic N) is 1. The molecule has 2 N–H and O–H groups in total. The summed E-state index contributed by atoms with van der Waals surface area (Å²) in [5.41, 5.74) is -1.70. The molecule has 0 aliphatic carbocycles. The minimum absolute atomic E-state index is 0.0445. The Balaban J connectivity index is 1.91. The average Bonchev–Trinajstić information content (AvgIpc) is 3.18. The van der Waals surface area contributed by atoms with Gasteiger partial charge >= 0.3 is 0 Å². The van der Waals surface area contributed by atoms with E-state index < -0.39 is 47.6 Å². The van der Waals surface area contributed by atoms with Crippen molar-refractivity contribution in [1.29, 1.82) is 5.26 Å². The first kappa shape index (κ1) is 24.5. The highest BCUT2D eigenvalue weighted by molar-refractivity contribution is 7.91. The van der Waals surface area contributed by atoms with Crippen LogP contribution in [0.4, 0.5) is 4.39 Å². The Morgan fingerprint density at radius 3 is 2.20 bits per heavy atom. The molecule has 1 amide bonds. The molecule has 1 saturated heterocycles. The summed E-state index contributed by atoms with van der Waals surface area (Å²) in [5.74, 6) is -2.01. The van der Waals surface area contributed by atoms with Crippen molar-refractivity contribution < 1.29 is 26.0 Å². The molecule has 0 unspecified atom stereocenters. The van der Waals surface area contributed by atoms with Gasteiger partial charge in [0.05, 0.1) is 16.5 Å². The summed E-state index contributed by atoms with van der Waals surface area (Å²) in [6, 6.07) is 17.8. The maximum atomic E-state index is 16.0. The van der Waals surface area contributed by atoms with Crippen LogP contribution in [0.1, 0.15) is 17.5 Å². The van der Waals surface area contributed by atoms with Crippen molar-refractivity contribution in [3.05, 3.63) is 83.7 Å². The highest BCUT2D eigenvalue weighted by Crippen LogP contribution is 2.39. The first-order valence-corrected chi connectivity index (χ1v) is 13.8. The molecule has 35 heavy (non-hydrogen) atoms. The largest absolute Gasteiger partial charge is 0.354 e.